The Kier molecular flexibility index (Phi) is 4.06. The second-order valence-electron chi connectivity index (χ2n) is 3.21. The lowest BCUT2D eigenvalue weighted by atomic mass is 9.91. The first-order chi connectivity index (χ1) is 5.79. The highest BCUT2D eigenvalue weighted by Gasteiger charge is 2.26. The van der Waals surface area contributed by atoms with E-state index in [4.69, 9.17) is 0 Å². The molecule has 0 unspecified atom stereocenters. The van der Waals surface area contributed by atoms with Gasteiger partial charge < -0.3 is 4.90 Å². The summed E-state index contributed by atoms with van der Waals surface area (Å²) < 4.78 is 0. The number of carbonyl (C=O) groups is 1. The van der Waals surface area contributed by atoms with Crippen molar-refractivity contribution in [1.29, 1.82) is 0 Å². The lowest BCUT2D eigenvalue weighted by molar-refractivity contribution is -0.134. The third-order valence-corrected chi connectivity index (χ3v) is 2.82. The van der Waals surface area contributed by atoms with E-state index in [0.717, 1.165) is 11.9 Å². The minimum absolute atomic E-state index is 0.305. The number of hydrogen-bond donors (Lipinski definition) is 0. The van der Waals surface area contributed by atoms with Crippen molar-refractivity contribution in [1.82, 2.24) is 4.90 Å². The number of amides is 1. The van der Waals surface area contributed by atoms with Crippen molar-refractivity contribution >= 4 is 21.8 Å². The molecule has 0 N–H and O–H groups in total. The van der Waals surface area contributed by atoms with Crippen LogP contribution in [0.4, 0.5) is 0 Å². The number of alkyl halides is 1. The Labute approximate surface area is 82.4 Å². The molecule has 0 spiro atoms. The van der Waals surface area contributed by atoms with Gasteiger partial charge in [-0.15, -0.1) is 0 Å². The van der Waals surface area contributed by atoms with E-state index in [1.54, 1.807) is 0 Å². The summed E-state index contributed by atoms with van der Waals surface area (Å²) in [5.41, 5.74) is 0. The van der Waals surface area contributed by atoms with Crippen LogP contribution in [0.3, 0.4) is 0 Å². The van der Waals surface area contributed by atoms with Gasteiger partial charge in [0.05, 0.1) is 0 Å². The molecule has 0 heterocycles. The Hall–Kier alpha value is -0.0500. The Morgan fingerprint density at radius 1 is 1.58 bits per heavy atom. The SMILES string of the molecule is CCC(=O)N(CCBr)C1CCC1. The quantitative estimate of drug-likeness (QED) is 0.682. The minimum atomic E-state index is 0.305. The molecule has 0 saturated heterocycles. The van der Waals surface area contributed by atoms with E-state index in [1.165, 1.54) is 19.3 Å². The fourth-order valence-electron chi connectivity index (χ4n) is 1.50. The molecule has 2 nitrogen and oxygen atoms in total. The minimum Gasteiger partial charge on any atom is -0.339 e. The summed E-state index contributed by atoms with van der Waals surface area (Å²) in [6, 6.07) is 0.551. The van der Waals surface area contributed by atoms with E-state index < -0.39 is 0 Å². The smallest absolute Gasteiger partial charge is 0.222 e. The molecule has 3 heteroatoms. The van der Waals surface area contributed by atoms with Crippen LogP contribution in [0.2, 0.25) is 0 Å². The summed E-state index contributed by atoms with van der Waals surface area (Å²) in [5.74, 6) is 0.305. The first-order valence-corrected chi connectivity index (χ1v) is 5.77. The monoisotopic (exact) mass is 233 g/mol. The lowest BCUT2D eigenvalue weighted by Crippen LogP contribution is -2.44. The first-order valence-electron chi connectivity index (χ1n) is 4.65. The third-order valence-electron chi connectivity index (χ3n) is 2.46. The average molecular weight is 234 g/mol. The van der Waals surface area contributed by atoms with Crippen LogP contribution >= 0.6 is 15.9 Å². The number of rotatable bonds is 4. The van der Waals surface area contributed by atoms with Crippen LogP contribution < -0.4 is 0 Å². The van der Waals surface area contributed by atoms with Gasteiger partial charge >= 0.3 is 0 Å². The number of nitrogens with zero attached hydrogens (tertiary/aromatic N) is 1. The van der Waals surface area contributed by atoms with Crippen molar-refractivity contribution in [2.75, 3.05) is 11.9 Å². The van der Waals surface area contributed by atoms with Crippen molar-refractivity contribution in [2.24, 2.45) is 0 Å². The summed E-state index contributed by atoms with van der Waals surface area (Å²) in [5, 5.41) is 0.898. The molecule has 0 atom stereocenters. The highest BCUT2D eigenvalue weighted by Crippen LogP contribution is 2.25. The molecular formula is C9H16BrNO. The first kappa shape index (κ1) is 10.0. The molecule has 1 amide bonds. The van der Waals surface area contributed by atoms with Gasteiger partial charge in [0.2, 0.25) is 5.91 Å². The average Bonchev–Trinajstić information content (AvgIpc) is 1.99. The normalized spacial score (nSPS) is 17.2. The zero-order valence-electron chi connectivity index (χ0n) is 7.55. The van der Waals surface area contributed by atoms with Crippen molar-refractivity contribution in [3.8, 4) is 0 Å². The Bertz CT molecular complexity index is 157. The molecule has 1 saturated carbocycles. The fraction of sp³-hybridized carbons (Fsp3) is 0.889. The van der Waals surface area contributed by atoms with E-state index >= 15 is 0 Å². The van der Waals surface area contributed by atoms with E-state index in [9.17, 15) is 4.79 Å². The van der Waals surface area contributed by atoms with Crippen molar-refractivity contribution in [2.45, 2.75) is 38.6 Å². The molecule has 0 radical (unpaired) electrons. The van der Waals surface area contributed by atoms with Crippen LogP contribution in [-0.4, -0.2) is 28.7 Å². The number of halogens is 1. The molecule has 0 bridgehead atoms. The number of carbonyl (C=O) groups excluding carboxylic acids is 1. The molecule has 1 rings (SSSR count). The van der Waals surface area contributed by atoms with E-state index in [-0.39, 0.29) is 0 Å². The summed E-state index contributed by atoms with van der Waals surface area (Å²) in [4.78, 5) is 13.5. The van der Waals surface area contributed by atoms with Gasteiger partial charge in [-0.3, -0.25) is 4.79 Å². The zero-order valence-corrected chi connectivity index (χ0v) is 9.14. The Morgan fingerprint density at radius 3 is 2.58 bits per heavy atom. The zero-order chi connectivity index (χ0) is 8.97. The standard InChI is InChI=1S/C9H16BrNO/c1-2-9(12)11(7-6-10)8-4-3-5-8/h8H,2-7H2,1H3. The molecule has 0 aromatic rings. The molecule has 1 aliphatic rings. The molecule has 70 valence electrons. The molecule has 12 heavy (non-hydrogen) atoms. The highest BCUT2D eigenvalue weighted by atomic mass is 79.9. The van der Waals surface area contributed by atoms with E-state index in [1.807, 2.05) is 11.8 Å². The molecule has 0 aromatic carbocycles. The van der Waals surface area contributed by atoms with Crippen LogP contribution in [0.25, 0.3) is 0 Å². The van der Waals surface area contributed by atoms with Gasteiger partial charge in [-0.1, -0.05) is 22.9 Å². The van der Waals surface area contributed by atoms with Crippen molar-refractivity contribution in [3.63, 3.8) is 0 Å². The summed E-state index contributed by atoms with van der Waals surface area (Å²) >= 11 is 3.38. The summed E-state index contributed by atoms with van der Waals surface area (Å²) in [7, 11) is 0. The van der Waals surface area contributed by atoms with Gasteiger partial charge in [0.25, 0.3) is 0 Å². The molecule has 1 fully saturated rings. The van der Waals surface area contributed by atoms with Gasteiger partial charge in [-0.25, -0.2) is 0 Å². The van der Waals surface area contributed by atoms with Gasteiger partial charge in [0, 0.05) is 24.3 Å². The fourth-order valence-corrected chi connectivity index (χ4v) is 1.89. The van der Waals surface area contributed by atoms with Crippen LogP contribution in [0.5, 0.6) is 0 Å². The maximum atomic E-state index is 11.4. The van der Waals surface area contributed by atoms with E-state index in [2.05, 4.69) is 15.9 Å². The molecule has 0 aliphatic heterocycles. The van der Waals surface area contributed by atoms with Crippen LogP contribution in [-0.2, 0) is 4.79 Å². The van der Waals surface area contributed by atoms with Gasteiger partial charge in [-0.05, 0) is 19.3 Å². The highest BCUT2D eigenvalue weighted by molar-refractivity contribution is 9.09. The molecular weight excluding hydrogens is 218 g/mol. The molecule has 1 aliphatic carbocycles. The molecule has 0 aromatic heterocycles. The van der Waals surface area contributed by atoms with Crippen LogP contribution in [0, 0.1) is 0 Å². The maximum absolute atomic E-state index is 11.4. The Balaban J connectivity index is 2.41. The van der Waals surface area contributed by atoms with Crippen LogP contribution in [0.15, 0.2) is 0 Å². The van der Waals surface area contributed by atoms with Gasteiger partial charge in [-0.2, -0.15) is 0 Å². The van der Waals surface area contributed by atoms with E-state index in [0.29, 0.717) is 18.4 Å². The second-order valence-corrected chi connectivity index (χ2v) is 4.01. The largest absolute Gasteiger partial charge is 0.339 e. The van der Waals surface area contributed by atoms with Gasteiger partial charge in [0.15, 0.2) is 0 Å². The Morgan fingerprint density at radius 2 is 2.25 bits per heavy atom. The summed E-state index contributed by atoms with van der Waals surface area (Å²) in [6.07, 6.45) is 4.35. The predicted octanol–water partition coefficient (Wildman–Crippen LogP) is 2.17. The van der Waals surface area contributed by atoms with Gasteiger partial charge in [0.1, 0.15) is 0 Å². The lowest BCUT2D eigenvalue weighted by Gasteiger charge is -2.37. The van der Waals surface area contributed by atoms with Crippen molar-refractivity contribution < 1.29 is 4.79 Å². The summed E-state index contributed by atoms with van der Waals surface area (Å²) in [6.45, 7) is 2.81. The van der Waals surface area contributed by atoms with Crippen LogP contribution in [0.1, 0.15) is 32.6 Å². The predicted molar refractivity (Wildman–Crippen MR) is 53.4 cm³/mol. The number of hydrogen-bond acceptors (Lipinski definition) is 1. The topological polar surface area (TPSA) is 20.3 Å². The maximum Gasteiger partial charge on any atom is 0.222 e. The second kappa shape index (κ2) is 4.85. The third kappa shape index (κ3) is 2.22. The van der Waals surface area contributed by atoms with Crippen molar-refractivity contribution in [3.05, 3.63) is 0 Å².